The standard InChI is InChI=1S/C19H27N5O2S2/c1-3-5-17-6-8-18(9-7-17)28(25,26)23-13-11-21(12-14-23)16-24-19(27)22(10-4-2)15-20-24/h4,6-9,15H,2-3,5,10-14,16H2,1H3. The van der Waals surface area contributed by atoms with Crippen molar-refractivity contribution in [3.05, 3.63) is 53.6 Å². The first kappa shape index (κ1) is 20.9. The third kappa shape index (κ3) is 4.60. The third-order valence-electron chi connectivity index (χ3n) is 4.89. The van der Waals surface area contributed by atoms with Crippen molar-refractivity contribution in [2.45, 2.75) is 37.9 Å². The van der Waals surface area contributed by atoms with Crippen LogP contribution in [0.15, 0.2) is 48.1 Å². The highest BCUT2D eigenvalue weighted by atomic mass is 32.2. The molecule has 1 aromatic carbocycles. The summed E-state index contributed by atoms with van der Waals surface area (Å²) >= 11 is 5.42. The topological polar surface area (TPSA) is 63.4 Å². The quantitative estimate of drug-likeness (QED) is 0.484. The number of nitrogens with zero attached hydrogens (tertiary/aromatic N) is 5. The van der Waals surface area contributed by atoms with Crippen molar-refractivity contribution in [2.75, 3.05) is 26.2 Å². The Morgan fingerprint density at radius 2 is 1.86 bits per heavy atom. The van der Waals surface area contributed by atoms with Gasteiger partial charge in [0.25, 0.3) is 0 Å². The molecule has 1 saturated heterocycles. The lowest BCUT2D eigenvalue weighted by atomic mass is 10.1. The van der Waals surface area contributed by atoms with E-state index in [4.69, 9.17) is 12.2 Å². The van der Waals surface area contributed by atoms with E-state index < -0.39 is 10.0 Å². The van der Waals surface area contributed by atoms with Gasteiger partial charge in [0.2, 0.25) is 10.0 Å². The summed E-state index contributed by atoms with van der Waals surface area (Å²) in [5, 5.41) is 4.32. The van der Waals surface area contributed by atoms with Crippen LogP contribution < -0.4 is 0 Å². The van der Waals surface area contributed by atoms with Crippen LogP contribution in [0.4, 0.5) is 0 Å². The Hall–Kier alpha value is -1.81. The van der Waals surface area contributed by atoms with Crippen molar-refractivity contribution in [3.63, 3.8) is 0 Å². The predicted octanol–water partition coefficient (Wildman–Crippen LogP) is 2.52. The molecule has 0 unspecified atom stereocenters. The lowest BCUT2D eigenvalue weighted by Gasteiger charge is -2.33. The molecule has 9 heteroatoms. The van der Waals surface area contributed by atoms with Gasteiger partial charge in [-0.1, -0.05) is 31.6 Å². The van der Waals surface area contributed by atoms with Gasteiger partial charge < -0.3 is 4.57 Å². The Morgan fingerprint density at radius 3 is 2.46 bits per heavy atom. The summed E-state index contributed by atoms with van der Waals surface area (Å²) in [5.74, 6) is 0. The van der Waals surface area contributed by atoms with Gasteiger partial charge in [0.15, 0.2) is 4.77 Å². The molecule has 0 aliphatic carbocycles. The van der Waals surface area contributed by atoms with E-state index >= 15 is 0 Å². The first-order valence-corrected chi connectivity index (χ1v) is 11.3. The van der Waals surface area contributed by atoms with Crippen molar-refractivity contribution in [2.24, 2.45) is 0 Å². The van der Waals surface area contributed by atoms with Crippen LogP contribution in [0.1, 0.15) is 18.9 Å². The lowest BCUT2D eigenvalue weighted by Crippen LogP contribution is -2.48. The van der Waals surface area contributed by atoms with Gasteiger partial charge in [-0.3, -0.25) is 4.90 Å². The van der Waals surface area contributed by atoms with E-state index in [0.717, 1.165) is 12.8 Å². The van der Waals surface area contributed by atoms with Gasteiger partial charge in [0.1, 0.15) is 6.33 Å². The Bertz CT molecular complexity index is 955. The number of hydrogen-bond donors (Lipinski definition) is 0. The molecule has 7 nitrogen and oxygen atoms in total. The molecule has 0 radical (unpaired) electrons. The molecular formula is C19H27N5O2S2. The molecular weight excluding hydrogens is 394 g/mol. The van der Waals surface area contributed by atoms with E-state index in [1.165, 1.54) is 5.56 Å². The van der Waals surface area contributed by atoms with Gasteiger partial charge in [-0.05, 0) is 36.3 Å². The summed E-state index contributed by atoms with van der Waals surface area (Å²) < 4.78 is 31.6. The minimum absolute atomic E-state index is 0.367. The Morgan fingerprint density at radius 1 is 1.18 bits per heavy atom. The second kappa shape index (κ2) is 9.13. The van der Waals surface area contributed by atoms with Crippen LogP contribution in [0, 0.1) is 4.77 Å². The zero-order chi connectivity index (χ0) is 20.1. The molecule has 0 spiro atoms. The molecule has 0 saturated carbocycles. The largest absolute Gasteiger partial charge is 0.303 e. The SMILES string of the molecule is C=CCn1cnn(CN2CCN(S(=O)(=O)c3ccc(CCC)cc3)CC2)c1=S. The summed E-state index contributed by atoms with van der Waals surface area (Å²) in [6.45, 7) is 9.21. The molecule has 28 heavy (non-hydrogen) atoms. The minimum Gasteiger partial charge on any atom is -0.303 e. The number of aryl methyl sites for hydroxylation is 1. The third-order valence-corrected chi connectivity index (χ3v) is 7.25. The van der Waals surface area contributed by atoms with Crippen molar-refractivity contribution < 1.29 is 8.42 Å². The second-order valence-corrected chi connectivity index (χ2v) is 9.21. The highest BCUT2D eigenvalue weighted by Crippen LogP contribution is 2.19. The van der Waals surface area contributed by atoms with E-state index in [9.17, 15) is 8.42 Å². The molecule has 0 amide bonds. The Kier molecular flexibility index (Phi) is 6.82. The summed E-state index contributed by atoms with van der Waals surface area (Å²) in [7, 11) is -3.45. The number of hydrogen-bond acceptors (Lipinski definition) is 5. The number of aromatic nitrogens is 3. The van der Waals surface area contributed by atoms with Crippen LogP contribution in [-0.2, 0) is 29.7 Å². The van der Waals surface area contributed by atoms with Crippen LogP contribution in [0.25, 0.3) is 0 Å². The molecule has 1 aliphatic heterocycles. The van der Waals surface area contributed by atoms with E-state index in [0.29, 0.717) is 49.1 Å². The molecule has 2 aromatic rings. The van der Waals surface area contributed by atoms with Crippen LogP contribution in [-0.4, -0.2) is 58.1 Å². The number of benzene rings is 1. The number of piperazine rings is 1. The van der Waals surface area contributed by atoms with E-state index in [1.54, 1.807) is 33.5 Å². The molecule has 152 valence electrons. The second-order valence-electron chi connectivity index (χ2n) is 6.91. The molecule has 0 N–H and O–H groups in total. The monoisotopic (exact) mass is 421 g/mol. The van der Waals surface area contributed by atoms with E-state index in [-0.39, 0.29) is 0 Å². The van der Waals surface area contributed by atoms with E-state index in [1.807, 2.05) is 16.7 Å². The van der Waals surface area contributed by atoms with Crippen molar-refractivity contribution in [1.82, 2.24) is 23.6 Å². The van der Waals surface area contributed by atoms with Crippen LogP contribution >= 0.6 is 12.2 Å². The van der Waals surface area contributed by atoms with Crippen LogP contribution in [0.2, 0.25) is 0 Å². The average Bonchev–Trinajstić information content (AvgIpc) is 3.03. The normalized spacial score (nSPS) is 16.3. The highest BCUT2D eigenvalue weighted by Gasteiger charge is 2.28. The van der Waals surface area contributed by atoms with Crippen molar-refractivity contribution in [1.29, 1.82) is 0 Å². The average molecular weight is 422 g/mol. The zero-order valence-corrected chi connectivity index (χ0v) is 17.8. The highest BCUT2D eigenvalue weighted by molar-refractivity contribution is 7.89. The van der Waals surface area contributed by atoms with Crippen molar-refractivity contribution >= 4 is 22.2 Å². The van der Waals surface area contributed by atoms with E-state index in [2.05, 4.69) is 23.5 Å². The fraction of sp³-hybridized carbons (Fsp3) is 0.474. The number of sulfonamides is 1. The maximum Gasteiger partial charge on any atom is 0.243 e. The van der Waals surface area contributed by atoms with Gasteiger partial charge in [0, 0.05) is 32.7 Å². The summed E-state index contributed by atoms with van der Waals surface area (Å²) in [4.78, 5) is 2.53. The zero-order valence-electron chi connectivity index (χ0n) is 16.2. The van der Waals surface area contributed by atoms with Gasteiger partial charge >= 0.3 is 0 Å². The maximum atomic E-state index is 12.9. The fourth-order valence-electron chi connectivity index (χ4n) is 3.30. The first-order valence-electron chi connectivity index (χ1n) is 9.50. The van der Waals surface area contributed by atoms with Gasteiger partial charge in [-0.15, -0.1) is 6.58 Å². The summed E-state index contributed by atoms with van der Waals surface area (Å²) in [6.07, 6.45) is 5.49. The summed E-state index contributed by atoms with van der Waals surface area (Å²) in [5.41, 5.74) is 1.17. The molecule has 1 aromatic heterocycles. The van der Waals surface area contributed by atoms with Gasteiger partial charge in [-0.2, -0.15) is 9.40 Å². The molecule has 2 heterocycles. The Labute approximate surface area is 171 Å². The van der Waals surface area contributed by atoms with Crippen LogP contribution in [0.3, 0.4) is 0 Å². The molecule has 1 fully saturated rings. The lowest BCUT2D eigenvalue weighted by molar-refractivity contribution is 0.144. The Balaban J connectivity index is 1.61. The van der Waals surface area contributed by atoms with Gasteiger partial charge in [-0.25, -0.2) is 13.1 Å². The smallest absolute Gasteiger partial charge is 0.243 e. The summed E-state index contributed by atoms with van der Waals surface area (Å²) in [6, 6.07) is 7.26. The number of rotatable bonds is 8. The van der Waals surface area contributed by atoms with Crippen LogP contribution in [0.5, 0.6) is 0 Å². The molecule has 0 bridgehead atoms. The van der Waals surface area contributed by atoms with Gasteiger partial charge in [0.05, 0.1) is 11.6 Å². The maximum absolute atomic E-state index is 12.9. The predicted molar refractivity (Wildman–Crippen MR) is 112 cm³/mol. The minimum atomic E-state index is -3.45. The number of allylic oxidation sites excluding steroid dienone is 1. The molecule has 3 rings (SSSR count). The van der Waals surface area contributed by atoms with Crippen molar-refractivity contribution in [3.8, 4) is 0 Å². The first-order chi connectivity index (χ1) is 13.5. The fourth-order valence-corrected chi connectivity index (χ4v) is 4.95. The molecule has 0 atom stereocenters. The molecule has 1 aliphatic rings.